The van der Waals surface area contributed by atoms with Gasteiger partial charge in [0.2, 0.25) is 0 Å². The standard InChI is InChI=1S/C23H21BrN2O3/c24-18-9-7-17(8-10-18)22(27)20-5-1-2-6-21(20)23(28)26-13-11-25(12-14-26)16-19-4-3-15-29-19/h1-10,15H,11-14,16H2. The zero-order valence-electron chi connectivity index (χ0n) is 15.9. The van der Waals surface area contributed by atoms with Gasteiger partial charge >= 0.3 is 0 Å². The minimum Gasteiger partial charge on any atom is -0.468 e. The van der Waals surface area contributed by atoms with Gasteiger partial charge in [-0.25, -0.2) is 0 Å². The van der Waals surface area contributed by atoms with Gasteiger partial charge in [0, 0.05) is 41.8 Å². The summed E-state index contributed by atoms with van der Waals surface area (Å²) < 4.78 is 6.32. The number of rotatable bonds is 5. The largest absolute Gasteiger partial charge is 0.468 e. The molecule has 0 atom stereocenters. The Hall–Kier alpha value is -2.70. The summed E-state index contributed by atoms with van der Waals surface area (Å²) in [7, 11) is 0. The highest BCUT2D eigenvalue weighted by molar-refractivity contribution is 9.10. The van der Waals surface area contributed by atoms with E-state index in [9.17, 15) is 9.59 Å². The van der Waals surface area contributed by atoms with Crippen molar-refractivity contribution >= 4 is 27.6 Å². The first-order valence-corrected chi connectivity index (χ1v) is 10.3. The molecule has 0 bridgehead atoms. The number of benzene rings is 2. The second-order valence-corrected chi connectivity index (χ2v) is 7.94. The van der Waals surface area contributed by atoms with Crippen molar-refractivity contribution in [2.45, 2.75) is 6.54 Å². The lowest BCUT2D eigenvalue weighted by atomic mass is 9.97. The molecule has 0 saturated carbocycles. The maximum atomic E-state index is 13.2. The van der Waals surface area contributed by atoms with Gasteiger partial charge in [-0.2, -0.15) is 0 Å². The van der Waals surface area contributed by atoms with E-state index in [0.29, 0.717) is 29.8 Å². The molecule has 29 heavy (non-hydrogen) atoms. The molecule has 2 heterocycles. The molecule has 4 rings (SSSR count). The van der Waals surface area contributed by atoms with Crippen LogP contribution in [0, 0.1) is 0 Å². The predicted molar refractivity (Wildman–Crippen MR) is 114 cm³/mol. The first-order chi connectivity index (χ1) is 14.1. The first kappa shape index (κ1) is 19.6. The van der Waals surface area contributed by atoms with Gasteiger partial charge in [0.15, 0.2) is 5.78 Å². The van der Waals surface area contributed by atoms with Crippen LogP contribution in [0.15, 0.2) is 75.8 Å². The topological polar surface area (TPSA) is 53.8 Å². The first-order valence-electron chi connectivity index (χ1n) is 9.55. The van der Waals surface area contributed by atoms with Crippen LogP contribution < -0.4 is 0 Å². The van der Waals surface area contributed by atoms with Crippen molar-refractivity contribution in [3.05, 3.63) is 93.9 Å². The molecule has 1 amide bonds. The smallest absolute Gasteiger partial charge is 0.254 e. The van der Waals surface area contributed by atoms with Gasteiger partial charge in [-0.3, -0.25) is 14.5 Å². The molecule has 1 aromatic heterocycles. The van der Waals surface area contributed by atoms with Crippen LogP contribution in [0.1, 0.15) is 32.0 Å². The monoisotopic (exact) mass is 452 g/mol. The van der Waals surface area contributed by atoms with E-state index in [-0.39, 0.29) is 11.7 Å². The Balaban J connectivity index is 1.47. The minimum absolute atomic E-state index is 0.0938. The van der Waals surface area contributed by atoms with Crippen molar-refractivity contribution in [1.29, 1.82) is 0 Å². The third-order valence-corrected chi connectivity index (χ3v) is 5.66. The van der Waals surface area contributed by atoms with Crippen LogP contribution in [0.4, 0.5) is 0 Å². The molecule has 1 aliphatic rings. The second-order valence-electron chi connectivity index (χ2n) is 7.03. The number of amides is 1. The summed E-state index contributed by atoms with van der Waals surface area (Å²) in [6.45, 7) is 3.54. The molecule has 2 aromatic carbocycles. The molecule has 6 heteroatoms. The molecule has 0 unspecified atom stereocenters. The van der Waals surface area contributed by atoms with Gasteiger partial charge in [0.1, 0.15) is 5.76 Å². The average Bonchev–Trinajstić information content (AvgIpc) is 3.27. The summed E-state index contributed by atoms with van der Waals surface area (Å²) in [5, 5.41) is 0. The number of halogens is 1. The Morgan fingerprint density at radius 1 is 0.862 bits per heavy atom. The van der Waals surface area contributed by atoms with Crippen LogP contribution in [0.3, 0.4) is 0 Å². The van der Waals surface area contributed by atoms with Crippen molar-refractivity contribution in [2.75, 3.05) is 26.2 Å². The van der Waals surface area contributed by atoms with E-state index >= 15 is 0 Å². The molecule has 0 aliphatic carbocycles. The van der Waals surface area contributed by atoms with E-state index < -0.39 is 0 Å². The number of hydrogen-bond donors (Lipinski definition) is 0. The van der Waals surface area contributed by atoms with Gasteiger partial charge in [-0.1, -0.05) is 34.1 Å². The summed E-state index contributed by atoms with van der Waals surface area (Å²) in [4.78, 5) is 30.2. The van der Waals surface area contributed by atoms with Crippen LogP contribution in [0.2, 0.25) is 0 Å². The van der Waals surface area contributed by atoms with Gasteiger partial charge in [0.05, 0.1) is 18.4 Å². The van der Waals surface area contributed by atoms with Gasteiger partial charge in [-0.05, 0) is 42.5 Å². The number of ketones is 1. The highest BCUT2D eigenvalue weighted by Crippen LogP contribution is 2.20. The fraction of sp³-hybridized carbons (Fsp3) is 0.217. The molecule has 1 aliphatic heterocycles. The van der Waals surface area contributed by atoms with Crippen LogP contribution >= 0.6 is 15.9 Å². The Kier molecular flexibility index (Phi) is 5.92. The van der Waals surface area contributed by atoms with Crippen molar-refractivity contribution < 1.29 is 14.0 Å². The maximum Gasteiger partial charge on any atom is 0.254 e. The minimum atomic E-state index is -0.141. The lowest BCUT2D eigenvalue weighted by Crippen LogP contribution is -2.48. The Bertz CT molecular complexity index is 991. The van der Waals surface area contributed by atoms with Crippen molar-refractivity contribution in [1.82, 2.24) is 9.80 Å². The molecule has 0 N–H and O–H groups in total. The fourth-order valence-electron chi connectivity index (χ4n) is 3.53. The molecule has 148 valence electrons. The molecule has 1 saturated heterocycles. The zero-order valence-corrected chi connectivity index (χ0v) is 17.5. The average molecular weight is 453 g/mol. The summed E-state index contributed by atoms with van der Waals surface area (Å²) in [5.41, 5.74) is 1.47. The third kappa shape index (κ3) is 4.49. The molecule has 0 radical (unpaired) electrons. The van der Waals surface area contributed by atoms with Gasteiger partial charge in [-0.15, -0.1) is 0 Å². The zero-order chi connectivity index (χ0) is 20.2. The van der Waals surface area contributed by atoms with Crippen molar-refractivity contribution in [2.24, 2.45) is 0 Å². The highest BCUT2D eigenvalue weighted by atomic mass is 79.9. The third-order valence-electron chi connectivity index (χ3n) is 5.13. The SMILES string of the molecule is O=C(c1ccc(Br)cc1)c1ccccc1C(=O)N1CCN(Cc2ccco2)CC1. The van der Waals surface area contributed by atoms with E-state index in [1.54, 1.807) is 42.7 Å². The summed E-state index contributed by atoms with van der Waals surface area (Å²) in [5.74, 6) is 0.692. The molecular formula is C23H21BrN2O3. The van der Waals surface area contributed by atoms with Gasteiger partial charge in [0.25, 0.3) is 5.91 Å². The molecule has 0 spiro atoms. The number of piperazine rings is 1. The van der Waals surface area contributed by atoms with Crippen molar-refractivity contribution in [3.63, 3.8) is 0 Å². The molecule has 1 fully saturated rings. The second kappa shape index (κ2) is 8.76. The fourth-order valence-corrected chi connectivity index (χ4v) is 3.79. The Labute approximate surface area is 178 Å². The molecule has 5 nitrogen and oxygen atoms in total. The van der Waals surface area contributed by atoms with E-state index in [1.165, 1.54) is 0 Å². The van der Waals surface area contributed by atoms with E-state index in [0.717, 1.165) is 29.9 Å². The Morgan fingerprint density at radius 2 is 1.55 bits per heavy atom. The van der Waals surface area contributed by atoms with Crippen LogP contribution in [-0.2, 0) is 6.54 Å². The lowest BCUT2D eigenvalue weighted by Gasteiger charge is -2.34. The van der Waals surface area contributed by atoms with Crippen LogP contribution in [0.25, 0.3) is 0 Å². The number of carbonyl (C=O) groups excluding carboxylic acids is 2. The van der Waals surface area contributed by atoms with Crippen LogP contribution in [0.5, 0.6) is 0 Å². The van der Waals surface area contributed by atoms with Crippen molar-refractivity contribution in [3.8, 4) is 0 Å². The number of hydrogen-bond acceptors (Lipinski definition) is 4. The summed E-state index contributed by atoms with van der Waals surface area (Å²) in [6, 6.07) is 18.1. The predicted octanol–water partition coefficient (Wildman–Crippen LogP) is 4.23. The number of carbonyl (C=O) groups is 2. The van der Waals surface area contributed by atoms with Crippen LogP contribution in [-0.4, -0.2) is 47.7 Å². The molecular weight excluding hydrogens is 432 g/mol. The summed E-state index contributed by atoms with van der Waals surface area (Å²) >= 11 is 3.38. The number of furan rings is 1. The Morgan fingerprint density at radius 3 is 2.21 bits per heavy atom. The molecule has 3 aromatic rings. The highest BCUT2D eigenvalue weighted by Gasteiger charge is 2.26. The van der Waals surface area contributed by atoms with E-state index in [1.807, 2.05) is 29.2 Å². The normalized spacial score (nSPS) is 14.7. The lowest BCUT2D eigenvalue weighted by molar-refractivity contribution is 0.0617. The van der Waals surface area contributed by atoms with E-state index in [2.05, 4.69) is 20.8 Å². The van der Waals surface area contributed by atoms with Gasteiger partial charge < -0.3 is 9.32 Å². The maximum absolute atomic E-state index is 13.2. The summed E-state index contributed by atoms with van der Waals surface area (Å²) in [6.07, 6.45) is 1.68. The van der Waals surface area contributed by atoms with E-state index in [4.69, 9.17) is 4.42 Å². The quantitative estimate of drug-likeness (QED) is 0.543. The number of nitrogens with zero attached hydrogens (tertiary/aromatic N) is 2.